The highest BCUT2D eigenvalue weighted by Crippen LogP contribution is 2.21. The molecule has 1 aromatic heterocycles. The number of nitrogens with zero attached hydrogens (tertiary/aromatic N) is 3. The van der Waals surface area contributed by atoms with Crippen molar-refractivity contribution in [3.05, 3.63) is 40.4 Å². The predicted molar refractivity (Wildman–Crippen MR) is 87.1 cm³/mol. The zero-order chi connectivity index (χ0) is 15.2. The second-order valence-corrected chi connectivity index (χ2v) is 5.42. The Morgan fingerprint density at radius 1 is 1.19 bits per heavy atom. The van der Waals surface area contributed by atoms with Gasteiger partial charge in [-0.3, -0.25) is 0 Å². The molecular weight excluding hydrogens is 284 g/mol. The van der Waals surface area contributed by atoms with Crippen LogP contribution in [0.1, 0.15) is 44.4 Å². The number of rotatable bonds is 7. The second-order valence-electron chi connectivity index (χ2n) is 5.02. The Hall–Kier alpha value is -1.39. The van der Waals surface area contributed by atoms with E-state index in [-0.39, 0.29) is 0 Å². The van der Waals surface area contributed by atoms with Crippen LogP contribution in [-0.2, 0) is 19.4 Å². The van der Waals surface area contributed by atoms with Gasteiger partial charge in [0.25, 0.3) is 0 Å². The molecule has 0 atom stereocenters. The van der Waals surface area contributed by atoms with E-state index in [2.05, 4.69) is 48.3 Å². The number of hydrogen-bond acceptors (Lipinski definition) is 3. The average Bonchev–Trinajstić information content (AvgIpc) is 2.92. The lowest BCUT2D eigenvalue weighted by molar-refractivity contribution is 0.675. The topological polar surface area (TPSA) is 42.7 Å². The van der Waals surface area contributed by atoms with Crippen LogP contribution in [0.4, 0.5) is 0 Å². The third-order valence-corrected chi connectivity index (χ3v) is 3.73. The van der Waals surface area contributed by atoms with Crippen LogP contribution in [0, 0.1) is 0 Å². The molecule has 0 spiro atoms. The number of aryl methyl sites for hydroxylation is 2. The van der Waals surface area contributed by atoms with E-state index in [0.717, 1.165) is 60.3 Å². The fraction of sp³-hybridized carbons (Fsp3) is 0.500. The molecule has 114 valence electrons. The third kappa shape index (κ3) is 3.83. The Morgan fingerprint density at radius 2 is 2.00 bits per heavy atom. The van der Waals surface area contributed by atoms with Gasteiger partial charge < -0.3 is 5.32 Å². The van der Waals surface area contributed by atoms with Gasteiger partial charge in [-0.05, 0) is 30.7 Å². The van der Waals surface area contributed by atoms with Gasteiger partial charge in [0.1, 0.15) is 5.82 Å². The van der Waals surface area contributed by atoms with Crippen LogP contribution in [0.3, 0.4) is 0 Å². The van der Waals surface area contributed by atoms with Crippen LogP contribution in [-0.4, -0.2) is 21.3 Å². The largest absolute Gasteiger partial charge is 0.313 e. The Balaban J connectivity index is 2.25. The standard InChI is InChI=1S/C16H23ClN4/c1-4-9-18-11-12-7-8-13(10-14(12)17)21-16(6-3)19-15(5-2)20-21/h7-8,10,18H,4-6,9,11H2,1-3H3. The van der Waals surface area contributed by atoms with Crippen molar-refractivity contribution < 1.29 is 0 Å². The monoisotopic (exact) mass is 306 g/mol. The molecule has 2 rings (SSSR count). The van der Waals surface area contributed by atoms with E-state index in [4.69, 9.17) is 11.6 Å². The van der Waals surface area contributed by atoms with Crippen LogP contribution >= 0.6 is 11.6 Å². The Bertz CT molecular complexity index is 592. The molecule has 1 N–H and O–H groups in total. The van der Waals surface area contributed by atoms with E-state index in [1.807, 2.05) is 10.7 Å². The Labute approximate surface area is 131 Å². The van der Waals surface area contributed by atoms with Gasteiger partial charge >= 0.3 is 0 Å². The van der Waals surface area contributed by atoms with Crippen molar-refractivity contribution in [2.45, 2.75) is 46.6 Å². The lowest BCUT2D eigenvalue weighted by Gasteiger charge is -2.09. The van der Waals surface area contributed by atoms with Crippen LogP contribution in [0.15, 0.2) is 18.2 Å². The molecule has 0 aliphatic heterocycles. The highest BCUT2D eigenvalue weighted by molar-refractivity contribution is 6.31. The first-order valence-electron chi connectivity index (χ1n) is 7.63. The zero-order valence-corrected chi connectivity index (χ0v) is 13.7. The zero-order valence-electron chi connectivity index (χ0n) is 13.0. The first-order chi connectivity index (χ1) is 10.2. The summed E-state index contributed by atoms with van der Waals surface area (Å²) in [4.78, 5) is 4.53. The minimum atomic E-state index is 0.770. The molecule has 0 radical (unpaired) electrons. The van der Waals surface area contributed by atoms with Crippen molar-refractivity contribution in [2.75, 3.05) is 6.54 Å². The molecule has 2 aromatic rings. The van der Waals surface area contributed by atoms with E-state index in [9.17, 15) is 0 Å². The first kappa shape index (κ1) is 16.0. The van der Waals surface area contributed by atoms with Crippen LogP contribution in [0.5, 0.6) is 0 Å². The van der Waals surface area contributed by atoms with Crippen LogP contribution in [0.2, 0.25) is 5.02 Å². The van der Waals surface area contributed by atoms with E-state index >= 15 is 0 Å². The normalized spacial score (nSPS) is 11.0. The van der Waals surface area contributed by atoms with Crippen molar-refractivity contribution in [1.82, 2.24) is 20.1 Å². The molecule has 0 unspecified atom stereocenters. The van der Waals surface area contributed by atoms with E-state index < -0.39 is 0 Å². The smallest absolute Gasteiger partial charge is 0.151 e. The predicted octanol–water partition coefficient (Wildman–Crippen LogP) is 3.55. The van der Waals surface area contributed by atoms with Crippen molar-refractivity contribution in [1.29, 1.82) is 0 Å². The quantitative estimate of drug-likeness (QED) is 0.796. The average molecular weight is 307 g/mol. The molecular formula is C16H23ClN4. The van der Waals surface area contributed by atoms with Gasteiger partial charge in [-0.2, -0.15) is 5.10 Å². The maximum atomic E-state index is 6.39. The summed E-state index contributed by atoms with van der Waals surface area (Å²) in [5.41, 5.74) is 2.09. The SMILES string of the molecule is CCCNCc1ccc(-n2nc(CC)nc2CC)cc1Cl. The minimum Gasteiger partial charge on any atom is -0.313 e. The summed E-state index contributed by atoms with van der Waals surface area (Å²) in [6, 6.07) is 6.09. The highest BCUT2D eigenvalue weighted by atomic mass is 35.5. The fourth-order valence-electron chi connectivity index (χ4n) is 2.19. The van der Waals surface area contributed by atoms with Gasteiger partial charge in [0.15, 0.2) is 5.82 Å². The Morgan fingerprint density at radius 3 is 2.62 bits per heavy atom. The molecule has 1 heterocycles. The van der Waals surface area contributed by atoms with Crippen molar-refractivity contribution >= 4 is 11.6 Å². The van der Waals surface area contributed by atoms with Gasteiger partial charge in [-0.25, -0.2) is 9.67 Å². The van der Waals surface area contributed by atoms with Crippen molar-refractivity contribution in [3.8, 4) is 5.69 Å². The fourth-order valence-corrected chi connectivity index (χ4v) is 2.43. The van der Waals surface area contributed by atoms with E-state index in [1.54, 1.807) is 0 Å². The molecule has 0 amide bonds. The van der Waals surface area contributed by atoms with Gasteiger partial charge in [0.05, 0.1) is 5.69 Å². The summed E-state index contributed by atoms with van der Waals surface area (Å²) >= 11 is 6.39. The molecule has 5 heteroatoms. The third-order valence-electron chi connectivity index (χ3n) is 3.37. The van der Waals surface area contributed by atoms with Gasteiger partial charge in [0.2, 0.25) is 0 Å². The summed E-state index contributed by atoms with van der Waals surface area (Å²) in [7, 11) is 0. The highest BCUT2D eigenvalue weighted by Gasteiger charge is 2.10. The molecule has 21 heavy (non-hydrogen) atoms. The summed E-state index contributed by atoms with van der Waals surface area (Å²) < 4.78 is 1.90. The number of aromatic nitrogens is 3. The first-order valence-corrected chi connectivity index (χ1v) is 8.01. The van der Waals surface area contributed by atoms with Crippen LogP contribution in [0.25, 0.3) is 5.69 Å². The lowest BCUT2D eigenvalue weighted by Crippen LogP contribution is -2.14. The number of hydrogen-bond donors (Lipinski definition) is 1. The Kier molecular flexibility index (Phi) is 5.76. The van der Waals surface area contributed by atoms with E-state index in [0.29, 0.717) is 0 Å². The molecule has 0 fully saturated rings. The van der Waals surface area contributed by atoms with Gasteiger partial charge in [0, 0.05) is 24.4 Å². The summed E-state index contributed by atoms with van der Waals surface area (Å²) in [5, 5.41) is 8.69. The molecule has 0 aliphatic rings. The van der Waals surface area contributed by atoms with Crippen molar-refractivity contribution in [2.24, 2.45) is 0 Å². The number of halogens is 1. The lowest BCUT2D eigenvalue weighted by atomic mass is 10.2. The summed E-state index contributed by atoms with van der Waals surface area (Å²) in [5.74, 6) is 1.84. The van der Waals surface area contributed by atoms with Gasteiger partial charge in [-0.1, -0.05) is 38.4 Å². The van der Waals surface area contributed by atoms with Crippen LogP contribution < -0.4 is 5.32 Å². The van der Waals surface area contributed by atoms with Gasteiger partial charge in [-0.15, -0.1) is 0 Å². The molecule has 0 aliphatic carbocycles. The maximum Gasteiger partial charge on any atom is 0.151 e. The molecule has 4 nitrogen and oxygen atoms in total. The number of nitrogens with one attached hydrogen (secondary N) is 1. The molecule has 0 saturated heterocycles. The van der Waals surface area contributed by atoms with Crippen molar-refractivity contribution in [3.63, 3.8) is 0 Å². The summed E-state index contributed by atoms with van der Waals surface area (Å²) in [6.45, 7) is 8.10. The molecule has 0 saturated carbocycles. The maximum absolute atomic E-state index is 6.39. The number of benzene rings is 1. The van der Waals surface area contributed by atoms with E-state index in [1.165, 1.54) is 0 Å². The molecule has 0 bridgehead atoms. The second kappa shape index (κ2) is 7.57. The molecule has 1 aromatic carbocycles. The summed E-state index contributed by atoms with van der Waals surface area (Å²) in [6.07, 6.45) is 2.81. The minimum absolute atomic E-state index is 0.770.